The fourth-order valence-corrected chi connectivity index (χ4v) is 1.04. The number of benzene rings is 1. The van der Waals surface area contributed by atoms with Crippen molar-refractivity contribution in [1.82, 2.24) is 0 Å². The Morgan fingerprint density at radius 1 is 1.50 bits per heavy atom. The molecule has 0 radical (unpaired) electrons. The molecule has 76 valence electrons. The van der Waals surface area contributed by atoms with E-state index in [1.165, 1.54) is 6.92 Å². The maximum Gasteiger partial charge on any atom is 0.167 e. The highest BCUT2D eigenvalue weighted by Crippen LogP contribution is 2.19. The maximum absolute atomic E-state index is 13.3. The molecular weight excluding hydrogens is 183 g/mol. The first kappa shape index (κ1) is 10.7. The van der Waals surface area contributed by atoms with Gasteiger partial charge >= 0.3 is 0 Å². The number of ketones is 1. The number of carbonyl (C=O) groups excluding carboxylic acids is 1. The van der Waals surface area contributed by atoms with E-state index in [0.29, 0.717) is 12.0 Å². The van der Waals surface area contributed by atoms with E-state index < -0.39 is 0 Å². The second-order valence-electron chi connectivity index (χ2n) is 3.19. The number of hydrogen-bond donors (Lipinski definition) is 0. The summed E-state index contributed by atoms with van der Waals surface area (Å²) in [5.41, 5.74) is 0.547. The first-order valence-corrected chi connectivity index (χ1v) is 4.48. The van der Waals surface area contributed by atoms with Crippen molar-refractivity contribution in [2.45, 2.75) is 20.3 Å². The van der Waals surface area contributed by atoms with Gasteiger partial charge in [0.2, 0.25) is 0 Å². The summed E-state index contributed by atoms with van der Waals surface area (Å²) < 4.78 is 18.4. The van der Waals surface area contributed by atoms with Crippen LogP contribution in [0.15, 0.2) is 18.2 Å². The molecule has 1 rings (SSSR count). The lowest BCUT2D eigenvalue weighted by Crippen LogP contribution is -2.04. The van der Waals surface area contributed by atoms with Gasteiger partial charge in [0.25, 0.3) is 0 Å². The Morgan fingerprint density at radius 2 is 2.21 bits per heavy atom. The topological polar surface area (TPSA) is 26.3 Å². The van der Waals surface area contributed by atoms with Crippen molar-refractivity contribution >= 4 is 5.78 Å². The summed E-state index contributed by atoms with van der Waals surface area (Å²) in [5.74, 6) is -0.0969. The number of aryl methyl sites for hydroxylation is 1. The molecule has 0 saturated carbocycles. The molecule has 0 N–H and O–H groups in total. The van der Waals surface area contributed by atoms with E-state index in [4.69, 9.17) is 4.74 Å². The zero-order chi connectivity index (χ0) is 10.6. The molecule has 0 aliphatic carbocycles. The zero-order valence-electron chi connectivity index (χ0n) is 8.34. The number of halogens is 1. The third kappa shape index (κ3) is 2.83. The smallest absolute Gasteiger partial charge is 0.167 e. The first-order valence-electron chi connectivity index (χ1n) is 4.48. The number of ether oxygens (including phenoxy) is 1. The molecule has 3 heteroatoms. The monoisotopic (exact) mass is 196 g/mol. The van der Waals surface area contributed by atoms with Crippen LogP contribution >= 0.6 is 0 Å². The quantitative estimate of drug-likeness (QED) is 0.739. The standard InChI is InChI=1S/C11H13FO2/c1-8-4-3-5-10(11(8)12)14-7-6-9(2)13/h3-5H,6-7H2,1-2H3. The van der Waals surface area contributed by atoms with Crippen LogP contribution in [0.5, 0.6) is 5.75 Å². The van der Waals surface area contributed by atoms with Crippen LogP contribution in [0.4, 0.5) is 4.39 Å². The largest absolute Gasteiger partial charge is 0.490 e. The van der Waals surface area contributed by atoms with E-state index >= 15 is 0 Å². The number of rotatable bonds is 4. The van der Waals surface area contributed by atoms with Crippen LogP contribution < -0.4 is 4.74 Å². The van der Waals surface area contributed by atoms with Crippen LogP contribution in [0.1, 0.15) is 18.9 Å². The normalized spacial score (nSPS) is 9.93. The Kier molecular flexibility index (Phi) is 3.63. The molecule has 0 aliphatic heterocycles. The Hall–Kier alpha value is -1.38. The van der Waals surface area contributed by atoms with Gasteiger partial charge in [0.1, 0.15) is 5.78 Å². The van der Waals surface area contributed by atoms with Gasteiger partial charge in [-0.2, -0.15) is 0 Å². The maximum atomic E-state index is 13.3. The van der Waals surface area contributed by atoms with Crippen LogP contribution in [0.3, 0.4) is 0 Å². The average Bonchev–Trinajstić information content (AvgIpc) is 2.12. The van der Waals surface area contributed by atoms with Gasteiger partial charge in [-0.05, 0) is 25.5 Å². The summed E-state index contributed by atoms with van der Waals surface area (Å²) >= 11 is 0. The van der Waals surface area contributed by atoms with E-state index in [2.05, 4.69) is 0 Å². The lowest BCUT2D eigenvalue weighted by atomic mass is 10.2. The number of hydrogen-bond acceptors (Lipinski definition) is 2. The second kappa shape index (κ2) is 4.74. The Bertz CT molecular complexity index is 334. The summed E-state index contributed by atoms with van der Waals surface area (Å²) in [5, 5.41) is 0. The van der Waals surface area contributed by atoms with Crippen LogP contribution in [0, 0.1) is 12.7 Å². The minimum atomic E-state index is -0.351. The van der Waals surface area contributed by atoms with Crippen LogP contribution in [0.2, 0.25) is 0 Å². The Labute approximate surface area is 82.7 Å². The van der Waals surface area contributed by atoms with Crippen molar-refractivity contribution in [2.24, 2.45) is 0 Å². The van der Waals surface area contributed by atoms with Crippen LogP contribution in [-0.2, 0) is 4.79 Å². The van der Waals surface area contributed by atoms with Gasteiger partial charge in [0, 0.05) is 6.42 Å². The lowest BCUT2D eigenvalue weighted by molar-refractivity contribution is -0.117. The van der Waals surface area contributed by atoms with Crippen molar-refractivity contribution in [3.8, 4) is 5.75 Å². The molecule has 0 amide bonds. The van der Waals surface area contributed by atoms with E-state index in [-0.39, 0.29) is 24.0 Å². The van der Waals surface area contributed by atoms with E-state index in [1.807, 2.05) is 0 Å². The summed E-state index contributed by atoms with van der Waals surface area (Å²) in [4.78, 5) is 10.6. The molecule has 0 spiro atoms. The second-order valence-corrected chi connectivity index (χ2v) is 3.19. The summed E-state index contributed by atoms with van der Waals surface area (Å²) in [6.45, 7) is 3.39. The van der Waals surface area contributed by atoms with Crippen LogP contribution in [0.25, 0.3) is 0 Å². The highest BCUT2D eigenvalue weighted by molar-refractivity contribution is 5.75. The van der Waals surface area contributed by atoms with Crippen molar-refractivity contribution in [2.75, 3.05) is 6.61 Å². The zero-order valence-corrected chi connectivity index (χ0v) is 8.34. The first-order chi connectivity index (χ1) is 6.61. The fourth-order valence-electron chi connectivity index (χ4n) is 1.04. The molecule has 14 heavy (non-hydrogen) atoms. The fraction of sp³-hybridized carbons (Fsp3) is 0.364. The van der Waals surface area contributed by atoms with Gasteiger partial charge in [-0.15, -0.1) is 0 Å². The highest BCUT2D eigenvalue weighted by atomic mass is 19.1. The van der Waals surface area contributed by atoms with Gasteiger partial charge in [-0.25, -0.2) is 4.39 Å². The molecule has 0 aliphatic rings. The average molecular weight is 196 g/mol. The number of carbonyl (C=O) groups is 1. The molecule has 0 heterocycles. The molecule has 1 aromatic rings. The molecule has 0 bridgehead atoms. The predicted molar refractivity (Wildman–Crippen MR) is 51.9 cm³/mol. The molecule has 1 aromatic carbocycles. The molecule has 0 saturated heterocycles. The third-order valence-electron chi connectivity index (χ3n) is 1.87. The van der Waals surface area contributed by atoms with Gasteiger partial charge in [0.15, 0.2) is 11.6 Å². The Balaban J connectivity index is 2.59. The lowest BCUT2D eigenvalue weighted by Gasteiger charge is -2.06. The minimum absolute atomic E-state index is 0.0399. The van der Waals surface area contributed by atoms with E-state index in [0.717, 1.165) is 0 Å². The van der Waals surface area contributed by atoms with Crippen molar-refractivity contribution in [3.63, 3.8) is 0 Å². The van der Waals surface area contributed by atoms with Gasteiger partial charge in [0.05, 0.1) is 6.61 Å². The molecule has 0 aromatic heterocycles. The van der Waals surface area contributed by atoms with Crippen molar-refractivity contribution in [3.05, 3.63) is 29.6 Å². The minimum Gasteiger partial charge on any atom is -0.490 e. The molecule has 0 unspecified atom stereocenters. The highest BCUT2D eigenvalue weighted by Gasteiger charge is 2.05. The molecule has 0 atom stereocenters. The third-order valence-corrected chi connectivity index (χ3v) is 1.87. The summed E-state index contributed by atoms with van der Waals surface area (Å²) in [6.07, 6.45) is 0.313. The summed E-state index contributed by atoms with van der Waals surface area (Å²) in [6, 6.07) is 4.96. The Morgan fingerprint density at radius 3 is 2.86 bits per heavy atom. The SMILES string of the molecule is CC(=O)CCOc1cccc(C)c1F. The van der Waals surface area contributed by atoms with E-state index in [1.54, 1.807) is 25.1 Å². The number of Topliss-reactive ketones (excluding diaryl/α,β-unsaturated/α-hetero) is 1. The van der Waals surface area contributed by atoms with Gasteiger partial charge < -0.3 is 4.74 Å². The van der Waals surface area contributed by atoms with Gasteiger partial charge in [-0.3, -0.25) is 4.79 Å². The summed E-state index contributed by atoms with van der Waals surface area (Å²) in [7, 11) is 0. The van der Waals surface area contributed by atoms with Crippen molar-refractivity contribution < 1.29 is 13.9 Å². The molecular formula is C11H13FO2. The molecule has 2 nitrogen and oxygen atoms in total. The predicted octanol–water partition coefficient (Wildman–Crippen LogP) is 2.49. The molecule has 0 fully saturated rings. The van der Waals surface area contributed by atoms with E-state index in [9.17, 15) is 9.18 Å². The van der Waals surface area contributed by atoms with Gasteiger partial charge in [-0.1, -0.05) is 12.1 Å². The van der Waals surface area contributed by atoms with Crippen LogP contribution in [-0.4, -0.2) is 12.4 Å². The van der Waals surface area contributed by atoms with Crippen molar-refractivity contribution in [1.29, 1.82) is 0 Å².